The topological polar surface area (TPSA) is 12.0 Å². The van der Waals surface area contributed by atoms with Crippen molar-refractivity contribution in [2.24, 2.45) is 5.92 Å². The summed E-state index contributed by atoms with van der Waals surface area (Å²) < 4.78 is 0.893. The monoisotopic (exact) mass is 247 g/mol. The molecule has 0 amide bonds. The maximum absolute atomic E-state index is 5.93. The van der Waals surface area contributed by atoms with Gasteiger partial charge < -0.3 is 5.32 Å². The van der Waals surface area contributed by atoms with Crippen LogP contribution in [0.5, 0.6) is 0 Å². The van der Waals surface area contributed by atoms with Crippen LogP contribution in [0.2, 0.25) is 4.34 Å². The lowest BCUT2D eigenvalue weighted by Crippen LogP contribution is -2.24. The molecule has 1 aliphatic heterocycles. The maximum Gasteiger partial charge on any atom is 0.0931 e. The van der Waals surface area contributed by atoms with Crippen LogP contribution in [0.1, 0.15) is 17.8 Å². The van der Waals surface area contributed by atoms with E-state index in [0.29, 0.717) is 6.04 Å². The number of nitrogens with one attached hydrogen (secondary N) is 1. The highest BCUT2D eigenvalue weighted by Gasteiger charge is 2.18. The standard InChI is InChI=1S/C10H14ClNS2/c1-7-4-12-8(6-13-5-7)9-2-3-10(11)14-9/h2-3,7-8,12H,4-6H2,1H3. The van der Waals surface area contributed by atoms with Gasteiger partial charge in [-0.25, -0.2) is 0 Å². The van der Waals surface area contributed by atoms with Gasteiger partial charge in [-0.1, -0.05) is 18.5 Å². The number of hydrogen-bond donors (Lipinski definition) is 1. The van der Waals surface area contributed by atoms with E-state index in [1.54, 1.807) is 11.3 Å². The fourth-order valence-corrected chi connectivity index (χ4v) is 3.98. The van der Waals surface area contributed by atoms with E-state index in [-0.39, 0.29) is 0 Å². The van der Waals surface area contributed by atoms with Gasteiger partial charge >= 0.3 is 0 Å². The normalized spacial score (nSPS) is 28.7. The lowest BCUT2D eigenvalue weighted by molar-refractivity contribution is 0.522. The molecule has 2 atom stereocenters. The van der Waals surface area contributed by atoms with Crippen molar-refractivity contribution in [3.05, 3.63) is 21.3 Å². The second-order valence-electron chi connectivity index (χ2n) is 3.75. The highest BCUT2D eigenvalue weighted by molar-refractivity contribution is 7.99. The van der Waals surface area contributed by atoms with E-state index in [1.807, 2.05) is 17.8 Å². The van der Waals surface area contributed by atoms with Crippen molar-refractivity contribution < 1.29 is 0 Å². The molecule has 14 heavy (non-hydrogen) atoms. The molecule has 0 radical (unpaired) electrons. The van der Waals surface area contributed by atoms with Crippen LogP contribution in [0.15, 0.2) is 12.1 Å². The molecule has 0 spiro atoms. The Morgan fingerprint density at radius 2 is 2.29 bits per heavy atom. The molecule has 1 aromatic heterocycles. The summed E-state index contributed by atoms with van der Waals surface area (Å²) in [6.07, 6.45) is 0. The zero-order valence-corrected chi connectivity index (χ0v) is 10.5. The predicted molar refractivity (Wildman–Crippen MR) is 66.6 cm³/mol. The quantitative estimate of drug-likeness (QED) is 0.816. The Morgan fingerprint density at radius 3 is 3.00 bits per heavy atom. The summed E-state index contributed by atoms with van der Waals surface area (Å²) in [6.45, 7) is 3.41. The minimum absolute atomic E-state index is 0.502. The SMILES string of the molecule is CC1CNC(c2ccc(Cl)s2)CSC1. The van der Waals surface area contributed by atoms with E-state index in [0.717, 1.165) is 16.8 Å². The molecule has 78 valence electrons. The summed E-state index contributed by atoms with van der Waals surface area (Å²) in [6, 6.07) is 4.63. The van der Waals surface area contributed by atoms with Gasteiger partial charge in [0.1, 0.15) is 0 Å². The summed E-state index contributed by atoms with van der Waals surface area (Å²) >= 11 is 9.66. The molecule has 2 heterocycles. The van der Waals surface area contributed by atoms with Crippen molar-refractivity contribution in [1.82, 2.24) is 5.32 Å². The minimum atomic E-state index is 0.502. The lowest BCUT2D eigenvalue weighted by atomic mass is 10.2. The number of rotatable bonds is 1. The average Bonchev–Trinajstić information content (AvgIpc) is 2.46. The lowest BCUT2D eigenvalue weighted by Gasteiger charge is -2.13. The van der Waals surface area contributed by atoms with E-state index >= 15 is 0 Å². The molecule has 2 unspecified atom stereocenters. The fraction of sp³-hybridized carbons (Fsp3) is 0.600. The molecule has 4 heteroatoms. The molecule has 1 saturated heterocycles. The second-order valence-corrected chi connectivity index (χ2v) is 6.57. The number of thioether (sulfide) groups is 1. The van der Waals surface area contributed by atoms with Crippen LogP contribution in [0.4, 0.5) is 0 Å². The summed E-state index contributed by atoms with van der Waals surface area (Å²) in [7, 11) is 0. The Hall–Kier alpha value is 0.300. The second kappa shape index (κ2) is 4.88. The smallest absolute Gasteiger partial charge is 0.0931 e. The van der Waals surface area contributed by atoms with Gasteiger partial charge in [0, 0.05) is 10.6 Å². The van der Waals surface area contributed by atoms with Crippen LogP contribution in [-0.4, -0.2) is 18.1 Å². The maximum atomic E-state index is 5.93. The molecule has 1 fully saturated rings. The molecule has 0 saturated carbocycles. The first kappa shape index (κ1) is 10.8. The van der Waals surface area contributed by atoms with Crippen molar-refractivity contribution in [3.8, 4) is 0 Å². The van der Waals surface area contributed by atoms with Crippen LogP contribution >= 0.6 is 34.7 Å². The average molecular weight is 248 g/mol. The molecule has 0 aromatic carbocycles. The Balaban J connectivity index is 2.04. The van der Waals surface area contributed by atoms with E-state index < -0.39 is 0 Å². The number of halogens is 1. The van der Waals surface area contributed by atoms with Gasteiger partial charge in [-0.3, -0.25) is 0 Å². The predicted octanol–water partition coefficient (Wildman–Crippen LogP) is 3.42. The van der Waals surface area contributed by atoms with Crippen molar-refractivity contribution in [2.75, 3.05) is 18.1 Å². The number of thiophene rings is 1. The van der Waals surface area contributed by atoms with Crippen LogP contribution < -0.4 is 5.32 Å². The molecule has 1 aromatic rings. The van der Waals surface area contributed by atoms with Gasteiger partial charge in [0.2, 0.25) is 0 Å². The molecule has 1 aliphatic rings. The van der Waals surface area contributed by atoms with E-state index in [1.165, 1.54) is 16.4 Å². The highest BCUT2D eigenvalue weighted by Crippen LogP contribution is 2.30. The zero-order chi connectivity index (χ0) is 9.97. The molecule has 0 bridgehead atoms. The molecule has 1 N–H and O–H groups in total. The third-order valence-corrected chi connectivity index (χ3v) is 5.06. The minimum Gasteiger partial charge on any atom is -0.308 e. The van der Waals surface area contributed by atoms with Crippen LogP contribution in [0.3, 0.4) is 0 Å². The van der Waals surface area contributed by atoms with E-state index in [9.17, 15) is 0 Å². The van der Waals surface area contributed by atoms with Gasteiger partial charge in [-0.15, -0.1) is 11.3 Å². The summed E-state index contributed by atoms with van der Waals surface area (Å²) in [4.78, 5) is 1.37. The molecule has 2 rings (SSSR count). The fourth-order valence-electron chi connectivity index (χ4n) is 1.55. The Bertz CT molecular complexity index is 300. The Kier molecular flexibility index (Phi) is 3.77. The first-order valence-corrected chi connectivity index (χ1v) is 7.17. The molecule has 1 nitrogen and oxygen atoms in total. The van der Waals surface area contributed by atoms with Gasteiger partial charge in [0.15, 0.2) is 0 Å². The Labute approximate surface area is 98.2 Å². The summed E-state index contributed by atoms with van der Waals surface area (Å²) in [5.41, 5.74) is 0. The van der Waals surface area contributed by atoms with E-state index in [4.69, 9.17) is 11.6 Å². The molecular formula is C10H14ClNS2. The van der Waals surface area contributed by atoms with Gasteiger partial charge in [0.05, 0.1) is 10.4 Å². The highest BCUT2D eigenvalue weighted by atomic mass is 35.5. The zero-order valence-electron chi connectivity index (χ0n) is 8.13. The first-order chi connectivity index (χ1) is 6.75. The van der Waals surface area contributed by atoms with Crippen molar-refractivity contribution >= 4 is 34.7 Å². The van der Waals surface area contributed by atoms with Gasteiger partial charge in [-0.05, 0) is 30.3 Å². The van der Waals surface area contributed by atoms with Crippen molar-refractivity contribution in [3.63, 3.8) is 0 Å². The first-order valence-electron chi connectivity index (χ1n) is 4.82. The van der Waals surface area contributed by atoms with Crippen LogP contribution in [0, 0.1) is 5.92 Å². The molecular weight excluding hydrogens is 234 g/mol. The Morgan fingerprint density at radius 1 is 1.43 bits per heavy atom. The largest absolute Gasteiger partial charge is 0.308 e. The van der Waals surface area contributed by atoms with Crippen LogP contribution in [-0.2, 0) is 0 Å². The summed E-state index contributed by atoms with van der Waals surface area (Å²) in [5, 5.41) is 3.59. The number of hydrogen-bond acceptors (Lipinski definition) is 3. The summed E-state index contributed by atoms with van der Waals surface area (Å²) in [5.74, 6) is 3.21. The van der Waals surface area contributed by atoms with Gasteiger partial charge in [-0.2, -0.15) is 11.8 Å². The van der Waals surface area contributed by atoms with Crippen molar-refractivity contribution in [1.29, 1.82) is 0 Å². The van der Waals surface area contributed by atoms with E-state index in [2.05, 4.69) is 18.3 Å². The van der Waals surface area contributed by atoms with Gasteiger partial charge in [0.25, 0.3) is 0 Å². The third kappa shape index (κ3) is 2.66. The van der Waals surface area contributed by atoms with Crippen LogP contribution in [0.25, 0.3) is 0 Å². The molecule has 0 aliphatic carbocycles. The van der Waals surface area contributed by atoms with Crippen molar-refractivity contribution in [2.45, 2.75) is 13.0 Å². The third-order valence-electron chi connectivity index (χ3n) is 2.34.